The Labute approximate surface area is 173 Å². The van der Waals surface area contributed by atoms with Crippen LogP contribution in [0, 0.1) is 0 Å². The molecule has 0 radical (unpaired) electrons. The molecule has 0 spiro atoms. The quantitative estimate of drug-likeness (QED) is 0.309. The standard InChI is InChI=1S/C22H32N2O5/c1-27-18-29-21-11-13-24(14-12-21)23-22(26)10-6-3-7-15-28-17-20(16-25)19-8-4-2-5-9-19/h2,4-5,8-9,21H,3,6-7,10-15,17-18H2,1H3,(H,23,26). The van der Waals surface area contributed by atoms with Gasteiger partial charge in [0.1, 0.15) is 12.7 Å². The molecule has 1 saturated heterocycles. The van der Waals surface area contributed by atoms with E-state index < -0.39 is 0 Å². The molecule has 7 nitrogen and oxygen atoms in total. The van der Waals surface area contributed by atoms with Gasteiger partial charge in [-0.3, -0.25) is 10.2 Å². The highest BCUT2D eigenvalue weighted by atomic mass is 16.7. The summed E-state index contributed by atoms with van der Waals surface area (Å²) in [4.78, 5) is 23.1. The van der Waals surface area contributed by atoms with Crippen molar-refractivity contribution in [3.63, 3.8) is 0 Å². The van der Waals surface area contributed by atoms with Crippen LogP contribution in [0.1, 0.15) is 44.1 Å². The lowest BCUT2D eigenvalue weighted by molar-refractivity contribution is -0.129. The lowest BCUT2D eigenvalue weighted by Gasteiger charge is -2.31. The van der Waals surface area contributed by atoms with Gasteiger partial charge in [0.25, 0.3) is 0 Å². The largest absolute Gasteiger partial charge is 0.376 e. The zero-order valence-corrected chi connectivity index (χ0v) is 17.2. The van der Waals surface area contributed by atoms with Crippen molar-refractivity contribution in [2.45, 2.75) is 44.6 Å². The smallest absolute Gasteiger partial charge is 0.234 e. The molecule has 1 amide bonds. The summed E-state index contributed by atoms with van der Waals surface area (Å²) in [5.41, 5.74) is 4.34. The first-order chi connectivity index (χ1) is 14.2. The Bertz CT molecular complexity index is 638. The summed E-state index contributed by atoms with van der Waals surface area (Å²) < 4.78 is 16.0. The van der Waals surface area contributed by atoms with Gasteiger partial charge in [-0.05, 0) is 31.2 Å². The van der Waals surface area contributed by atoms with Crippen LogP contribution >= 0.6 is 0 Å². The molecule has 7 heteroatoms. The number of rotatable bonds is 13. The fourth-order valence-corrected chi connectivity index (χ4v) is 3.18. The molecule has 1 aliphatic rings. The maximum atomic E-state index is 12.1. The Morgan fingerprint density at radius 3 is 2.62 bits per heavy atom. The van der Waals surface area contributed by atoms with E-state index in [1.807, 2.05) is 41.3 Å². The first-order valence-electron chi connectivity index (χ1n) is 10.2. The number of carbonyl (C=O) groups is 1. The van der Waals surface area contributed by atoms with Crippen LogP contribution in [0.2, 0.25) is 0 Å². The van der Waals surface area contributed by atoms with Crippen molar-refractivity contribution in [1.82, 2.24) is 10.4 Å². The van der Waals surface area contributed by atoms with Gasteiger partial charge in [-0.15, -0.1) is 0 Å². The molecule has 2 rings (SSSR count). The molecule has 1 aromatic carbocycles. The number of amides is 1. The minimum atomic E-state index is 0.0532. The fourth-order valence-electron chi connectivity index (χ4n) is 3.18. The van der Waals surface area contributed by atoms with Crippen molar-refractivity contribution in [3.8, 4) is 0 Å². The number of piperidine rings is 1. The maximum Gasteiger partial charge on any atom is 0.234 e. The van der Waals surface area contributed by atoms with Crippen LogP contribution < -0.4 is 5.43 Å². The summed E-state index contributed by atoms with van der Waals surface area (Å²) >= 11 is 0. The molecule has 1 aliphatic heterocycles. The lowest BCUT2D eigenvalue weighted by Crippen LogP contribution is -2.48. The van der Waals surface area contributed by atoms with E-state index in [9.17, 15) is 9.59 Å². The second-order valence-corrected chi connectivity index (χ2v) is 7.10. The van der Waals surface area contributed by atoms with E-state index in [0.29, 0.717) is 25.4 Å². The predicted octanol–water partition coefficient (Wildman–Crippen LogP) is 2.59. The number of hydrazine groups is 1. The molecule has 0 unspecified atom stereocenters. The molecular weight excluding hydrogens is 372 g/mol. The third-order valence-corrected chi connectivity index (χ3v) is 4.83. The van der Waals surface area contributed by atoms with E-state index >= 15 is 0 Å². The molecule has 1 N–H and O–H groups in total. The van der Waals surface area contributed by atoms with E-state index in [1.165, 1.54) is 0 Å². The van der Waals surface area contributed by atoms with Crippen LogP contribution in [0.25, 0.3) is 5.57 Å². The van der Waals surface area contributed by atoms with Gasteiger partial charge in [0, 0.05) is 33.2 Å². The van der Waals surface area contributed by atoms with E-state index in [0.717, 1.165) is 50.8 Å². The highest BCUT2D eigenvalue weighted by Crippen LogP contribution is 2.13. The van der Waals surface area contributed by atoms with Crippen molar-refractivity contribution in [2.24, 2.45) is 0 Å². The Kier molecular flexibility index (Phi) is 11.3. The van der Waals surface area contributed by atoms with E-state index in [4.69, 9.17) is 14.2 Å². The SMILES string of the molecule is COCOC1CCN(NC(=O)CCCCCOCC(=C=O)c2ccccc2)CC1. The van der Waals surface area contributed by atoms with Crippen molar-refractivity contribution >= 4 is 17.4 Å². The molecule has 160 valence electrons. The summed E-state index contributed by atoms with van der Waals surface area (Å²) in [5.74, 6) is 2.01. The van der Waals surface area contributed by atoms with Gasteiger partial charge in [0.2, 0.25) is 5.91 Å². The minimum absolute atomic E-state index is 0.0532. The topological polar surface area (TPSA) is 77.1 Å². The Morgan fingerprint density at radius 1 is 1.17 bits per heavy atom. The average molecular weight is 405 g/mol. The summed E-state index contributed by atoms with van der Waals surface area (Å²) in [6.07, 6.45) is 5.07. The second-order valence-electron chi connectivity index (χ2n) is 7.10. The number of unbranched alkanes of at least 4 members (excludes halogenated alkanes) is 2. The van der Waals surface area contributed by atoms with Crippen molar-refractivity contribution in [2.75, 3.05) is 40.2 Å². The number of hydrogen-bond donors (Lipinski definition) is 1. The zero-order chi connectivity index (χ0) is 20.7. The monoisotopic (exact) mass is 404 g/mol. The van der Waals surface area contributed by atoms with Gasteiger partial charge in [0.05, 0.1) is 18.3 Å². The highest BCUT2D eigenvalue weighted by molar-refractivity contribution is 5.87. The number of nitrogens with one attached hydrogen (secondary N) is 1. The molecule has 0 saturated carbocycles. The third-order valence-electron chi connectivity index (χ3n) is 4.83. The Hall–Kier alpha value is -2.02. The molecule has 1 aromatic rings. The van der Waals surface area contributed by atoms with Gasteiger partial charge in [-0.2, -0.15) is 0 Å². The lowest BCUT2D eigenvalue weighted by atomic mass is 10.1. The number of benzene rings is 1. The summed E-state index contributed by atoms with van der Waals surface area (Å²) in [7, 11) is 1.62. The van der Waals surface area contributed by atoms with Gasteiger partial charge >= 0.3 is 0 Å². The van der Waals surface area contributed by atoms with Crippen LogP contribution in [0.3, 0.4) is 0 Å². The second kappa shape index (κ2) is 14.0. The maximum absolute atomic E-state index is 12.1. The van der Waals surface area contributed by atoms with E-state index in [2.05, 4.69) is 5.43 Å². The van der Waals surface area contributed by atoms with Gasteiger partial charge in [-0.1, -0.05) is 36.8 Å². The van der Waals surface area contributed by atoms with E-state index in [1.54, 1.807) is 7.11 Å². The van der Waals surface area contributed by atoms with Gasteiger partial charge in [0.15, 0.2) is 0 Å². The summed E-state index contributed by atoms with van der Waals surface area (Å²) in [6, 6.07) is 9.42. The minimum Gasteiger partial charge on any atom is -0.376 e. The molecule has 0 aromatic heterocycles. The number of carbonyl (C=O) groups excluding carboxylic acids is 2. The van der Waals surface area contributed by atoms with Gasteiger partial charge < -0.3 is 14.2 Å². The number of methoxy groups -OCH3 is 1. The van der Waals surface area contributed by atoms with Gasteiger partial charge in [-0.25, -0.2) is 9.80 Å². The summed E-state index contributed by atoms with van der Waals surface area (Å²) in [6.45, 7) is 2.73. The summed E-state index contributed by atoms with van der Waals surface area (Å²) in [5, 5.41) is 1.97. The van der Waals surface area contributed by atoms with Crippen LogP contribution in [-0.4, -0.2) is 63.2 Å². The molecule has 0 aliphatic carbocycles. The molecule has 1 fully saturated rings. The zero-order valence-electron chi connectivity index (χ0n) is 17.2. The number of nitrogens with zero attached hydrogens (tertiary/aromatic N) is 1. The molecule has 0 atom stereocenters. The number of hydrogen-bond acceptors (Lipinski definition) is 6. The fraction of sp³-hybridized carbons (Fsp3) is 0.591. The van der Waals surface area contributed by atoms with Crippen molar-refractivity contribution in [3.05, 3.63) is 35.9 Å². The van der Waals surface area contributed by atoms with Crippen molar-refractivity contribution < 1.29 is 23.8 Å². The number of ether oxygens (including phenoxy) is 3. The first-order valence-corrected chi connectivity index (χ1v) is 10.2. The normalized spacial score (nSPS) is 15.1. The average Bonchev–Trinajstić information content (AvgIpc) is 2.76. The molecular formula is C22H32N2O5. The molecule has 1 heterocycles. The first kappa shape index (κ1) is 23.3. The Balaban J connectivity index is 1.48. The molecule has 29 heavy (non-hydrogen) atoms. The Morgan fingerprint density at radius 2 is 1.93 bits per heavy atom. The predicted molar refractivity (Wildman–Crippen MR) is 111 cm³/mol. The van der Waals surface area contributed by atoms with E-state index in [-0.39, 0.29) is 18.6 Å². The highest BCUT2D eigenvalue weighted by Gasteiger charge is 2.20. The van der Waals surface area contributed by atoms with Crippen molar-refractivity contribution in [1.29, 1.82) is 0 Å². The molecule has 0 bridgehead atoms. The van der Waals surface area contributed by atoms with Crippen LogP contribution in [-0.2, 0) is 23.8 Å². The van der Waals surface area contributed by atoms with Crippen LogP contribution in [0.15, 0.2) is 30.3 Å². The van der Waals surface area contributed by atoms with Crippen LogP contribution in [0.5, 0.6) is 0 Å². The third kappa shape index (κ3) is 9.35. The van der Waals surface area contributed by atoms with Crippen LogP contribution in [0.4, 0.5) is 0 Å².